The summed E-state index contributed by atoms with van der Waals surface area (Å²) in [4.78, 5) is 35.5. The van der Waals surface area contributed by atoms with Gasteiger partial charge in [0, 0.05) is 26.2 Å². The smallest absolute Gasteiger partial charge is 0.261 e. The average Bonchev–Trinajstić information content (AvgIpc) is 2.94. The first-order valence-electron chi connectivity index (χ1n) is 13.0. The molecule has 196 valence electrons. The number of likely N-dealkylation sites (N-methyl/N-ethyl adjacent to an activating group) is 1. The Balaban J connectivity index is 1.45. The molecule has 0 saturated carbocycles. The number of anilines is 1. The standard InChI is InChI=1S/C30H33N5O3/c1-22(24-11-7-4-8-12-24)35-21-31-26-18-27(32-29(36)19-34-15-13-33(2)14-16-34)28(17-25(26)30(35)37)38-20-23-9-5-3-6-10-23/h3-12,17-18,21-22H,13-16,19-20H2,1-2H3,(H,32,36). The van der Waals surface area contributed by atoms with Gasteiger partial charge < -0.3 is 15.0 Å². The van der Waals surface area contributed by atoms with E-state index < -0.39 is 0 Å². The van der Waals surface area contributed by atoms with Crippen LogP contribution >= 0.6 is 0 Å². The molecule has 1 aliphatic heterocycles. The number of piperazine rings is 1. The van der Waals surface area contributed by atoms with Crippen molar-refractivity contribution in [2.45, 2.75) is 19.6 Å². The molecule has 1 atom stereocenters. The monoisotopic (exact) mass is 511 g/mol. The van der Waals surface area contributed by atoms with E-state index >= 15 is 0 Å². The van der Waals surface area contributed by atoms with E-state index in [0.29, 0.717) is 35.5 Å². The topological polar surface area (TPSA) is 79.7 Å². The van der Waals surface area contributed by atoms with Gasteiger partial charge in [0.2, 0.25) is 5.91 Å². The summed E-state index contributed by atoms with van der Waals surface area (Å²) in [5.41, 5.74) is 2.86. The first kappa shape index (κ1) is 25.6. The maximum absolute atomic E-state index is 13.6. The first-order valence-corrected chi connectivity index (χ1v) is 13.0. The van der Waals surface area contributed by atoms with Crippen LogP contribution in [-0.4, -0.2) is 65.0 Å². The van der Waals surface area contributed by atoms with Crippen molar-refractivity contribution in [2.75, 3.05) is 45.1 Å². The molecule has 1 unspecified atom stereocenters. The van der Waals surface area contributed by atoms with Gasteiger partial charge in [-0.3, -0.25) is 19.1 Å². The molecule has 1 amide bonds. The summed E-state index contributed by atoms with van der Waals surface area (Å²) in [7, 11) is 2.09. The maximum atomic E-state index is 13.6. The van der Waals surface area contributed by atoms with Crippen molar-refractivity contribution < 1.29 is 9.53 Å². The Kier molecular flexibility index (Phi) is 7.81. The van der Waals surface area contributed by atoms with E-state index in [0.717, 1.165) is 37.3 Å². The summed E-state index contributed by atoms with van der Waals surface area (Å²) in [5.74, 6) is 0.321. The molecule has 4 aromatic rings. The van der Waals surface area contributed by atoms with Gasteiger partial charge in [-0.15, -0.1) is 0 Å². The second-order valence-corrected chi connectivity index (χ2v) is 9.81. The van der Waals surface area contributed by atoms with Crippen LogP contribution in [0.1, 0.15) is 24.1 Å². The number of hydrogen-bond acceptors (Lipinski definition) is 6. The summed E-state index contributed by atoms with van der Waals surface area (Å²) in [5, 5.41) is 3.45. The van der Waals surface area contributed by atoms with Crippen LogP contribution in [0.15, 0.2) is 83.9 Å². The quantitative estimate of drug-likeness (QED) is 0.388. The van der Waals surface area contributed by atoms with Gasteiger partial charge in [0.25, 0.3) is 5.56 Å². The highest BCUT2D eigenvalue weighted by Gasteiger charge is 2.19. The molecule has 2 heterocycles. The Hall–Kier alpha value is -4.01. The fraction of sp³-hybridized carbons (Fsp3) is 0.300. The van der Waals surface area contributed by atoms with Crippen LogP contribution in [0.25, 0.3) is 10.9 Å². The minimum absolute atomic E-state index is 0.121. The molecule has 5 rings (SSSR count). The lowest BCUT2D eigenvalue weighted by Gasteiger charge is -2.31. The molecule has 1 N–H and O–H groups in total. The predicted molar refractivity (Wildman–Crippen MR) is 150 cm³/mol. The van der Waals surface area contributed by atoms with Crippen LogP contribution in [-0.2, 0) is 11.4 Å². The van der Waals surface area contributed by atoms with Crippen LogP contribution in [0.5, 0.6) is 5.75 Å². The average molecular weight is 512 g/mol. The molecule has 8 nitrogen and oxygen atoms in total. The lowest BCUT2D eigenvalue weighted by Crippen LogP contribution is -2.47. The number of amides is 1. The number of ether oxygens (including phenoxy) is 1. The van der Waals surface area contributed by atoms with Crippen LogP contribution < -0.4 is 15.6 Å². The molecule has 1 aromatic heterocycles. The summed E-state index contributed by atoms with van der Waals surface area (Å²) >= 11 is 0. The number of fused-ring (bicyclic) bond motifs is 1. The van der Waals surface area contributed by atoms with Gasteiger partial charge in [-0.2, -0.15) is 0 Å². The highest BCUT2D eigenvalue weighted by atomic mass is 16.5. The molecule has 1 aliphatic rings. The molecule has 0 bridgehead atoms. The second-order valence-electron chi connectivity index (χ2n) is 9.81. The van der Waals surface area contributed by atoms with E-state index in [4.69, 9.17) is 4.74 Å². The van der Waals surface area contributed by atoms with Crippen LogP contribution in [0.4, 0.5) is 5.69 Å². The fourth-order valence-electron chi connectivity index (χ4n) is 4.68. The van der Waals surface area contributed by atoms with Gasteiger partial charge in [0.05, 0.1) is 35.5 Å². The molecular formula is C30H33N5O3. The third kappa shape index (κ3) is 5.93. The molecule has 1 saturated heterocycles. The van der Waals surface area contributed by atoms with E-state index in [2.05, 4.69) is 27.1 Å². The SMILES string of the molecule is CC(c1ccccc1)n1cnc2cc(NC(=O)CN3CCN(C)CC3)c(OCc3ccccc3)cc2c1=O. The fourth-order valence-corrected chi connectivity index (χ4v) is 4.68. The Morgan fingerprint density at radius 3 is 2.39 bits per heavy atom. The molecule has 0 spiro atoms. The number of benzene rings is 3. The van der Waals surface area contributed by atoms with E-state index in [-0.39, 0.29) is 17.5 Å². The lowest BCUT2D eigenvalue weighted by molar-refractivity contribution is -0.117. The minimum atomic E-state index is -0.183. The Bertz CT molecular complexity index is 1450. The zero-order valence-electron chi connectivity index (χ0n) is 21.8. The molecule has 8 heteroatoms. The summed E-state index contributed by atoms with van der Waals surface area (Å²) in [6.07, 6.45) is 1.57. The number of hydrogen-bond donors (Lipinski definition) is 1. The number of aromatic nitrogens is 2. The Morgan fingerprint density at radius 2 is 1.68 bits per heavy atom. The maximum Gasteiger partial charge on any atom is 0.261 e. The highest BCUT2D eigenvalue weighted by Crippen LogP contribution is 2.30. The number of nitrogens with zero attached hydrogens (tertiary/aromatic N) is 4. The molecule has 0 radical (unpaired) electrons. The first-order chi connectivity index (χ1) is 18.5. The molecule has 3 aromatic carbocycles. The molecular weight excluding hydrogens is 478 g/mol. The molecule has 38 heavy (non-hydrogen) atoms. The summed E-state index contributed by atoms with van der Waals surface area (Å²) in [6.45, 7) is 6.15. The van der Waals surface area contributed by atoms with Crippen molar-refractivity contribution in [3.63, 3.8) is 0 Å². The van der Waals surface area contributed by atoms with Gasteiger partial charge in [-0.25, -0.2) is 4.98 Å². The number of rotatable bonds is 8. The van der Waals surface area contributed by atoms with Crippen molar-refractivity contribution in [1.29, 1.82) is 0 Å². The lowest BCUT2D eigenvalue weighted by atomic mass is 10.1. The highest BCUT2D eigenvalue weighted by molar-refractivity contribution is 5.96. The van der Waals surface area contributed by atoms with E-state index in [1.165, 1.54) is 0 Å². The number of carbonyl (C=O) groups is 1. The van der Waals surface area contributed by atoms with Crippen LogP contribution in [0, 0.1) is 0 Å². The molecule has 1 fully saturated rings. The van der Waals surface area contributed by atoms with Crippen LogP contribution in [0.2, 0.25) is 0 Å². The third-order valence-corrected chi connectivity index (χ3v) is 7.06. The number of nitrogens with one attached hydrogen (secondary N) is 1. The zero-order chi connectivity index (χ0) is 26.5. The van der Waals surface area contributed by atoms with Crippen LogP contribution in [0.3, 0.4) is 0 Å². The largest absolute Gasteiger partial charge is 0.487 e. The predicted octanol–water partition coefficient (Wildman–Crippen LogP) is 3.77. The minimum Gasteiger partial charge on any atom is -0.487 e. The van der Waals surface area contributed by atoms with Crippen molar-refractivity contribution in [1.82, 2.24) is 19.4 Å². The Labute approximate surface area is 222 Å². The normalized spacial score (nSPS) is 15.3. The second kappa shape index (κ2) is 11.6. The van der Waals surface area contributed by atoms with Gasteiger partial charge in [-0.1, -0.05) is 60.7 Å². The third-order valence-electron chi connectivity index (χ3n) is 7.06. The van der Waals surface area contributed by atoms with Crippen molar-refractivity contribution in [2.24, 2.45) is 0 Å². The summed E-state index contributed by atoms with van der Waals surface area (Å²) < 4.78 is 7.79. The Morgan fingerprint density at radius 1 is 1.00 bits per heavy atom. The van der Waals surface area contributed by atoms with Crippen molar-refractivity contribution in [3.05, 3.63) is 101 Å². The van der Waals surface area contributed by atoms with Gasteiger partial charge in [0.1, 0.15) is 12.4 Å². The van der Waals surface area contributed by atoms with E-state index in [1.54, 1.807) is 23.0 Å². The zero-order valence-corrected chi connectivity index (χ0v) is 21.8. The van der Waals surface area contributed by atoms with Crippen molar-refractivity contribution >= 4 is 22.5 Å². The van der Waals surface area contributed by atoms with Crippen molar-refractivity contribution in [3.8, 4) is 5.75 Å². The van der Waals surface area contributed by atoms with E-state index in [1.807, 2.05) is 67.6 Å². The summed E-state index contributed by atoms with van der Waals surface area (Å²) in [6, 6.07) is 22.9. The van der Waals surface area contributed by atoms with E-state index in [9.17, 15) is 9.59 Å². The van der Waals surface area contributed by atoms with Gasteiger partial charge in [-0.05, 0) is 37.2 Å². The molecule has 0 aliphatic carbocycles. The number of carbonyl (C=O) groups excluding carboxylic acids is 1. The van der Waals surface area contributed by atoms with Gasteiger partial charge in [0.15, 0.2) is 0 Å². The van der Waals surface area contributed by atoms with Gasteiger partial charge >= 0.3 is 0 Å².